The molecule has 0 bridgehead atoms. The predicted molar refractivity (Wildman–Crippen MR) is 308 cm³/mol. The van der Waals surface area contributed by atoms with E-state index < -0.39 is 78.8 Å². The summed E-state index contributed by atoms with van der Waals surface area (Å²) in [6.45, 7) is -0.109. The van der Waals surface area contributed by atoms with E-state index in [-0.39, 0.29) is 114 Å². The molecule has 84 heavy (non-hydrogen) atoms. The predicted octanol–water partition coefficient (Wildman–Crippen LogP) is 1.41. The number of hydrogen-bond acceptors (Lipinski definition) is 18. The van der Waals surface area contributed by atoms with E-state index in [9.17, 15) is 53.4 Å². The van der Waals surface area contributed by atoms with Crippen LogP contribution in [0, 0.1) is 0 Å². The van der Waals surface area contributed by atoms with Crippen molar-refractivity contribution in [1.29, 1.82) is 0 Å². The number of nitrogens with zero attached hydrogens (tertiary/aromatic N) is 1. The van der Waals surface area contributed by atoms with Gasteiger partial charge in [0.05, 0.1) is 44.1 Å². The van der Waals surface area contributed by atoms with Crippen molar-refractivity contribution in [2.24, 2.45) is 5.73 Å². The molecule has 456 valence electrons. The molecule has 1 aromatic heterocycles. The number of aromatic nitrogens is 1. The molecular formula is C55H71IN10O18. The zero-order valence-electron chi connectivity index (χ0n) is 46.0. The molecule has 0 aliphatic heterocycles. The zero-order chi connectivity index (χ0) is 60.5. The number of hydrogen-bond donors (Lipinski definition) is 11. The molecule has 28 nitrogen and oxygen atoms in total. The molecule has 1 heterocycles. The van der Waals surface area contributed by atoms with Crippen LogP contribution in [0.1, 0.15) is 65.9 Å². The molecule has 9 amide bonds. The molecule has 5 rings (SSSR count). The highest BCUT2D eigenvalue weighted by Crippen LogP contribution is 2.44. The van der Waals surface area contributed by atoms with Crippen LogP contribution >= 0.6 is 22.6 Å². The quantitative estimate of drug-likeness (QED) is 0.0130. The number of unbranched alkanes of at least 4 members (excludes halogenated alkanes) is 2. The van der Waals surface area contributed by atoms with E-state index >= 15 is 0 Å². The summed E-state index contributed by atoms with van der Waals surface area (Å²) in [5.41, 5.74) is 13.0. The van der Waals surface area contributed by atoms with Crippen molar-refractivity contribution < 1.29 is 86.7 Å². The van der Waals surface area contributed by atoms with Gasteiger partial charge in [0, 0.05) is 55.5 Å². The summed E-state index contributed by atoms with van der Waals surface area (Å²) < 4.78 is 27.7. The number of nitrogens with one attached hydrogen (secondary N) is 8. The van der Waals surface area contributed by atoms with E-state index in [1.807, 2.05) is 71.1 Å². The molecule has 1 aliphatic rings. The van der Waals surface area contributed by atoms with Gasteiger partial charge in [0.15, 0.2) is 6.61 Å². The Morgan fingerprint density at radius 1 is 0.560 bits per heavy atom. The molecule has 0 radical (unpaired) electrons. The first-order valence-corrected chi connectivity index (χ1v) is 28.4. The number of ether oxygens (including phenoxy) is 5. The number of anilines is 1. The van der Waals surface area contributed by atoms with Gasteiger partial charge in [-0.1, -0.05) is 71.1 Å². The number of carbonyl (C=O) groups is 9. The van der Waals surface area contributed by atoms with Gasteiger partial charge in [-0.3, -0.25) is 38.4 Å². The third kappa shape index (κ3) is 24.0. The van der Waals surface area contributed by atoms with Crippen molar-refractivity contribution in [3.8, 4) is 22.9 Å². The Morgan fingerprint density at radius 2 is 1.11 bits per heavy atom. The van der Waals surface area contributed by atoms with E-state index in [1.165, 1.54) is 0 Å². The first kappa shape index (κ1) is 66.7. The topological polar surface area (TPSA) is 386 Å². The third-order valence-corrected chi connectivity index (χ3v) is 13.0. The summed E-state index contributed by atoms with van der Waals surface area (Å²) in [6, 6.07) is 22.2. The van der Waals surface area contributed by atoms with Crippen LogP contribution in [0.5, 0.6) is 11.8 Å². The number of alkyl halides is 1. The van der Waals surface area contributed by atoms with Gasteiger partial charge in [0.25, 0.3) is 5.91 Å². The second kappa shape index (κ2) is 37.2. The second-order valence-electron chi connectivity index (χ2n) is 18.5. The smallest absolute Gasteiger partial charge is 0.432 e. The van der Waals surface area contributed by atoms with Crippen molar-refractivity contribution >= 4 is 81.8 Å². The van der Waals surface area contributed by atoms with E-state index in [1.54, 1.807) is 24.3 Å². The van der Waals surface area contributed by atoms with Crippen LogP contribution in [0.15, 0.2) is 84.9 Å². The van der Waals surface area contributed by atoms with Crippen LogP contribution in [-0.2, 0) is 57.3 Å². The maximum absolute atomic E-state index is 13.6. The Labute approximate surface area is 497 Å². The van der Waals surface area contributed by atoms with Gasteiger partial charge in [0.2, 0.25) is 47.2 Å². The van der Waals surface area contributed by atoms with Gasteiger partial charge in [-0.15, -0.1) is 4.73 Å². The largest absolute Gasteiger partial charge is 0.492 e. The van der Waals surface area contributed by atoms with E-state index in [0.717, 1.165) is 34.4 Å². The minimum Gasteiger partial charge on any atom is -0.492 e. The fourth-order valence-corrected chi connectivity index (χ4v) is 8.39. The normalized spacial score (nSPS) is 12.1. The summed E-state index contributed by atoms with van der Waals surface area (Å²) in [4.78, 5) is 122. The average molecular weight is 1290 g/mol. The zero-order valence-corrected chi connectivity index (χ0v) is 48.2. The third-order valence-electron chi connectivity index (χ3n) is 12.3. The van der Waals surface area contributed by atoms with Gasteiger partial charge in [-0.05, 0) is 85.0 Å². The van der Waals surface area contributed by atoms with Crippen LogP contribution in [0.2, 0.25) is 0 Å². The van der Waals surface area contributed by atoms with Gasteiger partial charge in [-0.25, -0.2) is 9.59 Å². The number of rotatable bonds is 39. The molecule has 0 saturated carbocycles. The molecule has 1 aliphatic carbocycles. The van der Waals surface area contributed by atoms with Crippen molar-refractivity contribution in [1.82, 2.24) is 42.1 Å². The Hall–Kier alpha value is -8.10. The molecular weight excluding hydrogens is 1220 g/mol. The van der Waals surface area contributed by atoms with Crippen LogP contribution in [0.4, 0.5) is 15.3 Å². The van der Waals surface area contributed by atoms with E-state index in [2.05, 4.69) is 42.7 Å². The van der Waals surface area contributed by atoms with Crippen molar-refractivity contribution in [3.63, 3.8) is 0 Å². The molecule has 0 spiro atoms. The lowest BCUT2D eigenvalue weighted by molar-refractivity contribution is -0.133. The van der Waals surface area contributed by atoms with Crippen molar-refractivity contribution in [2.45, 2.75) is 56.5 Å². The monoisotopic (exact) mass is 1290 g/mol. The Morgan fingerprint density at radius 3 is 1.73 bits per heavy atom. The summed E-state index contributed by atoms with van der Waals surface area (Å²) >= 11 is 1.94. The molecule has 12 N–H and O–H groups in total. The molecule has 0 saturated heterocycles. The Balaban J connectivity index is 0.961. The van der Waals surface area contributed by atoms with Crippen LogP contribution in [0.25, 0.3) is 11.1 Å². The molecule has 2 atom stereocenters. The minimum absolute atomic E-state index is 0.0159. The highest BCUT2D eigenvalue weighted by atomic mass is 127. The number of fused-ring (bicyclic) bond motifs is 3. The van der Waals surface area contributed by atoms with Gasteiger partial charge >= 0.3 is 12.2 Å². The fraction of sp³-hybridized carbons (Fsp3) is 0.436. The highest BCUT2D eigenvalue weighted by Gasteiger charge is 2.30. The Bertz CT molecular complexity index is 2740. The standard InChI is InChI=1S/C55H71IN10O18/c56-31-45(67)62-37-17-15-36(16-18-37)52(74)60-22-8-5-13-43(51(57)73)64-53(75)44(14-6-7-21-58-47(69)35-83-65-55(77)82-32-42-40-11-3-1-9-38(40)39-10-2-4-12-41(39)42)63-48(70)34-81-30-28-78-25-23-59-46(68)33-80-29-27-79-26-24-61-54(76)84-66-49(71)19-20-50(66)72/h1-4,9-12,15-20,42-44,71-72H,5-8,13-14,21-35H2,(H2,57,73)(H,58,69)(H,59,68)(H,60,74)(H,61,76)(H,62,67)(H,63,70)(H,64,75)(H,65,77)/t43-,44-/m0/s1. The summed E-state index contributed by atoms with van der Waals surface area (Å²) in [7, 11) is 0. The summed E-state index contributed by atoms with van der Waals surface area (Å²) in [5, 5.41) is 37.4. The molecule has 3 aromatic carbocycles. The number of carbonyl (C=O) groups excluding carboxylic acids is 9. The Kier molecular flexibility index (Phi) is 29.5. The van der Waals surface area contributed by atoms with Gasteiger partial charge in [0.1, 0.15) is 31.9 Å². The van der Waals surface area contributed by atoms with E-state index in [0.29, 0.717) is 41.7 Å². The summed E-state index contributed by atoms with van der Waals surface area (Å²) in [6.07, 6.45) is -0.105. The number of halogens is 1. The number of primary amides is 1. The first-order chi connectivity index (χ1) is 40.6. The average Bonchev–Trinajstić information content (AvgIpc) is 2.48. The molecule has 4 aromatic rings. The lowest BCUT2D eigenvalue weighted by atomic mass is 9.98. The number of amides is 9. The lowest BCUT2D eigenvalue weighted by Crippen LogP contribution is -2.53. The first-order valence-electron chi connectivity index (χ1n) is 26.9. The SMILES string of the molecule is NC(=O)[C@H](CCCCNC(=O)c1ccc(NC(=O)CI)cc1)NC(=O)[C@H](CCCCNC(=O)CONC(=O)OCC1c2ccccc2-c2ccccc21)NC(=O)COCCOCCNC(=O)COCCOCCNC(=O)On1c(O)ccc1O. The number of nitrogens with two attached hydrogens (primary N) is 1. The van der Waals surface area contributed by atoms with Crippen molar-refractivity contribution in [3.05, 3.63) is 102 Å². The molecule has 0 fully saturated rings. The maximum Gasteiger partial charge on any atom is 0.432 e. The second-order valence-corrected chi connectivity index (χ2v) is 19.2. The lowest BCUT2D eigenvalue weighted by Gasteiger charge is -2.22. The molecule has 0 unspecified atom stereocenters. The van der Waals surface area contributed by atoms with Gasteiger partial charge in [-0.2, -0.15) is 5.48 Å². The molecule has 29 heteroatoms. The number of hydroxylamine groups is 1. The van der Waals surface area contributed by atoms with Crippen LogP contribution in [-0.4, -0.2) is 177 Å². The van der Waals surface area contributed by atoms with Crippen LogP contribution < -0.4 is 53.3 Å². The van der Waals surface area contributed by atoms with Crippen molar-refractivity contribution in [2.75, 3.05) is 102 Å². The highest BCUT2D eigenvalue weighted by molar-refractivity contribution is 14.1. The number of benzene rings is 3. The number of aromatic hydroxyl groups is 2. The van der Waals surface area contributed by atoms with Gasteiger partial charge < -0.3 is 81.7 Å². The maximum atomic E-state index is 13.6. The van der Waals surface area contributed by atoms with E-state index in [4.69, 9.17) is 39.1 Å². The van der Waals surface area contributed by atoms with Crippen LogP contribution in [0.3, 0.4) is 0 Å². The summed E-state index contributed by atoms with van der Waals surface area (Å²) in [5.74, 6) is -4.72. The fourth-order valence-electron chi connectivity index (χ4n) is 8.20. The minimum atomic E-state index is -1.15.